The molecule has 27 heavy (non-hydrogen) atoms. The Morgan fingerprint density at radius 1 is 1.44 bits per heavy atom. The van der Waals surface area contributed by atoms with Crippen LogP contribution in [0.2, 0.25) is 5.32 Å². The van der Waals surface area contributed by atoms with Crippen LogP contribution in [0.15, 0.2) is 18.2 Å². The van der Waals surface area contributed by atoms with Crippen LogP contribution in [0, 0.1) is 10.2 Å². The maximum absolute atomic E-state index is 12.5. The second-order valence-electron chi connectivity index (χ2n) is 6.81. The molecular weight excluding hydrogens is 407 g/mol. The van der Waals surface area contributed by atoms with Gasteiger partial charge in [0.1, 0.15) is 0 Å². The molecule has 6 heteroatoms. The predicted octanol–water partition coefficient (Wildman–Crippen LogP) is 3.84. The summed E-state index contributed by atoms with van der Waals surface area (Å²) in [4.78, 5) is 18.2. The molecule has 1 aromatic heterocycles. The summed E-state index contributed by atoms with van der Waals surface area (Å²) in [5, 5.41) is 10.7. The molecular formula is C21H26N2O3Se. The molecule has 0 radical (unpaired) electrons. The summed E-state index contributed by atoms with van der Waals surface area (Å²) in [6, 6.07) is 6.41. The zero-order valence-electron chi connectivity index (χ0n) is 16.0. The molecule has 0 saturated carbocycles. The van der Waals surface area contributed by atoms with Crippen LogP contribution in [0.25, 0.3) is 10.9 Å². The maximum atomic E-state index is 12.5. The number of benzene rings is 1. The van der Waals surface area contributed by atoms with Crippen molar-refractivity contribution in [3.63, 3.8) is 0 Å². The van der Waals surface area contributed by atoms with Crippen LogP contribution < -0.4 is 0 Å². The van der Waals surface area contributed by atoms with E-state index in [1.165, 1.54) is 22.0 Å². The summed E-state index contributed by atoms with van der Waals surface area (Å²) >= 11 is -0.0141. The van der Waals surface area contributed by atoms with Gasteiger partial charge in [-0.3, -0.25) is 0 Å². The molecule has 5 nitrogen and oxygen atoms in total. The standard InChI is InChI=1S/C21H26N2O3Se/c1-3-15-7-5-8-16-17-9-11-26-21(4-2,20(17)23-19(15)16)13-18(24)25-10-6-12-27-14-22/h5,7-8,23H,3-4,6,9-13H2,1-2H3. The quantitative estimate of drug-likeness (QED) is 0.390. The first-order valence-electron chi connectivity index (χ1n) is 9.58. The molecule has 1 atom stereocenters. The van der Waals surface area contributed by atoms with Gasteiger partial charge in [-0.1, -0.05) is 6.92 Å². The van der Waals surface area contributed by atoms with E-state index in [1.54, 1.807) is 0 Å². The number of aromatic amines is 1. The first kappa shape index (κ1) is 19.9. The number of para-hydroxylation sites is 1. The summed E-state index contributed by atoms with van der Waals surface area (Å²) in [5.74, 6) is -0.233. The molecule has 144 valence electrons. The summed E-state index contributed by atoms with van der Waals surface area (Å²) in [6.45, 7) is 5.21. The van der Waals surface area contributed by atoms with E-state index < -0.39 is 5.60 Å². The van der Waals surface area contributed by atoms with Crippen molar-refractivity contribution < 1.29 is 14.3 Å². The Balaban J connectivity index is 1.83. The molecule has 1 unspecified atom stereocenters. The molecule has 0 bridgehead atoms. The van der Waals surface area contributed by atoms with Gasteiger partial charge in [-0.05, 0) is 0 Å². The van der Waals surface area contributed by atoms with E-state index in [0.717, 1.165) is 30.3 Å². The fraction of sp³-hybridized carbons (Fsp3) is 0.524. The van der Waals surface area contributed by atoms with Crippen LogP contribution in [-0.4, -0.2) is 39.1 Å². The van der Waals surface area contributed by atoms with Gasteiger partial charge in [0.05, 0.1) is 0 Å². The van der Waals surface area contributed by atoms with Gasteiger partial charge in [0.15, 0.2) is 0 Å². The minimum absolute atomic E-state index is 0.0141. The Hall–Kier alpha value is -1.80. The van der Waals surface area contributed by atoms with Crippen molar-refractivity contribution in [1.82, 2.24) is 4.98 Å². The van der Waals surface area contributed by atoms with Gasteiger partial charge in [-0.2, -0.15) is 0 Å². The number of hydrogen-bond donors (Lipinski definition) is 1. The topological polar surface area (TPSA) is 75.1 Å². The number of nitrogens with one attached hydrogen (secondary N) is 1. The average molecular weight is 433 g/mol. The van der Waals surface area contributed by atoms with Crippen molar-refractivity contribution in [3.8, 4) is 4.97 Å². The Labute approximate surface area is 166 Å². The van der Waals surface area contributed by atoms with E-state index in [0.29, 0.717) is 19.6 Å². The molecule has 2 heterocycles. The summed E-state index contributed by atoms with van der Waals surface area (Å²) in [5.41, 5.74) is 4.12. The van der Waals surface area contributed by atoms with Crippen molar-refractivity contribution >= 4 is 31.8 Å². The van der Waals surface area contributed by atoms with Crippen LogP contribution in [0.3, 0.4) is 0 Å². The van der Waals surface area contributed by atoms with Crippen LogP contribution >= 0.6 is 0 Å². The van der Waals surface area contributed by atoms with E-state index >= 15 is 0 Å². The molecule has 0 aliphatic carbocycles. The van der Waals surface area contributed by atoms with Crippen molar-refractivity contribution in [2.45, 2.75) is 56.9 Å². The van der Waals surface area contributed by atoms with Crippen LogP contribution in [0.4, 0.5) is 0 Å². The number of hydrogen-bond acceptors (Lipinski definition) is 4. The number of H-pyrrole nitrogens is 1. The van der Waals surface area contributed by atoms with Gasteiger partial charge in [0.25, 0.3) is 0 Å². The number of nitrogens with zero attached hydrogens (tertiary/aromatic N) is 1. The third kappa shape index (κ3) is 4.06. The number of aromatic nitrogens is 1. The van der Waals surface area contributed by atoms with Gasteiger partial charge in [0, 0.05) is 0 Å². The number of esters is 1. The number of nitriles is 1. The minimum atomic E-state index is -0.648. The van der Waals surface area contributed by atoms with Crippen molar-refractivity contribution in [3.05, 3.63) is 35.0 Å². The number of rotatable bonds is 8. The molecule has 2 aromatic rings. The number of carbonyl (C=O) groups is 1. The number of fused-ring (bicyclic) bond motifs is 3. The zero-order valence-corrected chi connectivity index (χ0v) is 17.7. The van der Waals surface area contributed by atoms with Gasteiger partial charge in [0.2, 0.25) is 0 Å². The van der Waals surface area contributed by atoms with E-state index in [4.69, 9.17) is 14.7 Å². The SMILES string of the molecule is CCc1cccc2c3c([nH]c12)C(CC)(CC(=O)OCCC[Se]C#N)OCC3. The van der Waals surface area contributed by atoms with Gasteiger partial charge in [-0.25, -0.2) is 0 Å². The van der Waals surface area contributed by atoms with Crippen LogP contribution in [0.1, 0.15) is 49.9 Å². The Kier molecular flexibility index (Phi) is 6.59. The van der Waals surface area contributed by atoms with Crippen molar-refractivity contribution in [2.75, 3.05) is 13.2 Å². The molecule has 1 aliphatic heterocycles. The summed E-state index contributed by atoms with van der Waals surface area (Å²) in [7, 11) is 0. The number of carbonyl (C=O) groups excluding carboxylic acids is 1. The molecule has 0 spiro atoms. The molecule has 3 rings (SSSR count). The van der Waals surface area contributed by atoms with Crippen molar-refractivity contribution in [1.29, 1.82) is 5.26 Å². The third-order valence-corrected chi connectivity index (χ3v) is 6.62. The van der Waals surface area contributed by atoms with Crippen LogP contribution in [-0.2, 0) is 32.7 Å². The Morgan fingerprint density at radius 3 is 3.04 bits per heavy atom. The van der Waals surface area contributed by atoms with E-state index in [1.807, 2.05) is 0 Å². The predicted molar refractivity (Wildman–Crippen MR) is 106 cm³/mol. The van der Waals surface area contributed by atoms with Crippen LogP contribution in [0.5, 0.6) is 0 Å². The van der Waals surface area contributed by atoms with Crippen molar-refractivity contribution in [2.24, 2.45) is 0 Å². The molecule has 1 N–H and O–H groups in total. The van der Waals surface area contributed by atoms with E-state index in [-0.39, 0.29) is 27.3 Å². The Bertz CT molecular complexity index is 855. The second-order valence-corrected chi connectivity index (χ2v) is 8.65. The molecule has 0 amide bonds. The van der Waals surface area contributed by atoms with Gasteiger partial charge < -0.3 is 0 Å². The first-order valence-corrected chi connectivity index (χ1v) is 11.6. The van der Waals surface area contributed by atoms with E-state index in [9.17, 15) is 4.79 Å². The van der Waals surface area contributed by atoms with E-state index in [2.05, 4.69) is 42.0 Å². The Morgan fingerprint density at radius 2 is 2.30 bits per heavy atom. The molecule has 0 fully saturated rings. The third-order valence-electron chi connectivity index (χ3n) is 5.31. The second kappa shape index (κ2) is 8.93. The zero-order chi connectivity index (χ0) is 19.3. The molecule has 1 aliphatic rings. The monoisotopic (exact) mass is 434 g/mol. The van der Waals surface area contributed by atoms with Gasteiger partial charge >= 0.3 is 159 Å². The normalized spacial score (nSPS) is 18.9. The fourth-order valence-electron chi connectivity index (χ4n) is 3.89. The fourth-order valence-corrected chi connectivity index (χ4v) is 4.63. The number of aryl methyl sites for hydroxylation is 1. The molecule has 0 saturated heterocycles. The van der Waals surface area contributed by atoms with Gasteiger partial charge in [-0.15, -0.1) is 0 Å². The molecule has 1 aromatic carbocycles. The summed E-state index contributed by atoms with van der Waals surface area (Å²) in [6.07, 6.45) is 3.49. The number of ether oxygens (including phenoxy) is 2. The summed E-state index contributed by atoms with van der Waals surface area (Å²) < 4.78 is 11.6. The first-order chi connectivity index (χ1) is 13.1. The average Bonchev–Trinajstić information content (AvgIpc) is 3.08.